The summed E-state index contributed by atoms with van der Waals surface area (Å²) in [7, 11) is 0. The van der Waals surface area contributed by atoms with Gasteiger partial charge in [0.25, 0.3) is 5.69 Å². The van der Waals surface area contributed by atoms with E-state index in [2.05, 4.69) is 10.5 Å². The summed E-state index contributed by atoms with van der Waals surface area (Å²) in [5.41, 5.74) is 2.17. The average molecular weight is 247 g/mol. The van der Waals surface area contributed by atoms with Gasteiger partial charge in [0, 0.05) is 12.1 Å². The molecular weight excluding hydrogens is 234 g/mol. The molecule has 0 bridgehead atoms. The Balaban J connectivity index is 2.16. The quantitative estimate of drug-likeness (QED) is 0.663. The Morgan fingerprint density at radius 1 is 1.39 bits per heavy atom. The lowest BCUT2D eigenvalue weighted by Gasteiger charge is -2.05. The number of nitrogens with one attached hydrogen (secondary N) is 1. The first-order chi connectivity index (χ1) is 8.56. The van der Waals surface area contributed by atoms with Crippen molar-refractivity contribution in [3.05, 3.63) is 51.4 Å². The Morgan fingerprint density at radius 3 is 2.78 bits per heavy atom. The number of anilines is 1. The van der Waals surface area contributed by atoms with Crippen LogP contribution in [-0.4, -0.2) is 10.1 Å². The number of nitro benzene ring substituents is 1. The summed E-state index contributed by atoms with van der Waals surface area (Å²) in [6.45, 7) is 4.00. The second-order valence-electron chi connectivity index (χ2n) is 4.07. The zero-order valence-corrected chi connectivity index (χ0v) is 10.1. The fraction of sp³-hybridized carbons (Fsp3) is 0.250. The van der Waals surface area contributed by atoms with Crippen LogP contribution >= 0.6 is 0 Å². The van der Waals surface area contributed by atoms with Crippen molar-refractivity contribution in [2.45, 2.75) is 20.4 Å². The minimum Gasteiger partial charge on any atom is -0.372 e. The summed E-state index contributed by atoms with van der Waals surface area (Å²) < 4.78 is 5.03. The molecule has 0 saturated carbocycles. The topological polar surface area (TPSA) is 81.2 Å². The minimum atomic E-state index is -0.402. The molecule has 0 unspecified atom stereocenters. The first kappa shape index (κ1) is 12.1. The van der Waals surface area contributed by atoms with Crippen molar-refractivity contribution < 1.29 is 9.45 Å². The van der Waals surface area contributed by atoms with E-state index in [9.17, 15) is 10.1 Å². The van der Waals surface area contributed by atoms with Gasteiger partial charge in [-0.15, -0.1) is 0 Å². The van der Waals surface area contributed by atoms with Crippen LogP contribution in [-0.2, 0) is 6.54 Å². The van der Waals surface area contributed by atoms with Gasteiger partial charge in [0.05, 0.1) is 17.2 Å². The van der Waals surface area contributed by atoms with E-state index in [1.165, 1.54) is 6.07 Å². The van der Waals surface area contributed by atoms with Crippen LogP contribution in [0.25, 0.3) is 0 Å². The Labute approximate surface area is 104 Å². The van der Waals surface area contributed by atoms with Gasteiger partial charge in [-0.3, -0.25) is 10.1 Å². The van der Waals surface area contributed by atoms with Crippen molar-refractivity contribution in [3.8, 4) is 0 Å². The maximum absolute atomic E-state index is 10.9. The molecule has 0 fully saturated rings. The van der Waals surface area contributed by atoms with Gasteiger partial charge in [-0.2, -0.15) is 0 Å². The Morgan fingerprint density at radius 2 is 2.17 bits per heavy atom. The summed E-state index contributed by atoms with van der Waals surface area (Å²) in [4.78, 5) is 10.5. The molecule has 0 amide bonds. The van der Waals surface area contributed by atoms with Gasteiger partial charge >= 0.3 is 0 Å². The van der Waals surface area contributed by atoms with Gasteiger partial charge in [-0.25, -0.2) is 0 Å². The van der Waals surface area contributed by atoms with E-state index in [1.807, 2.05) is 19.9 Å². The van der Waals surface area contributed by atoms with Crippen LogP contribution in [0.1, 0.15) is 17.0 Å². The first-order valence-corrected chi connectivity index (χ1v) is 5.47. The van der Waals surface area contributed by atoms with Crippen molar-refractivity contribution in [1.29, 1.82) is 0 Å². The fourth-order valence-electron chi connectivity index (χ4n) is 1.62. The van der Waals surface area contributed by atoms with Gasteiger partial charge in [-0.05, 0) is 25.5 Å². The highest BCUT2D eigenvalue weighted by atomic mass is 16.6. The average Bonchev–Trinajstić information content (AvgIpc) is 2.73. The lowest BCUT2D eigenvalue weighted by molar-refractivity contribution is -0.384. The maximum Gasteiger partial charge on any atom is 0.292 e. The van der Waals surface area contributed by atoms with Crippen molar-refractivity contribution in [2.24, 2.45) is 0 Å². The van der Waals surface area contributed by atoms with Crippen LogP contribution in [0.3, 0.4) is 0 Å². The highest BCUT2D eigenvalue weighted by Gasteiger charge is 2.13. The smallest absolute Gasteiger partial charge is 0.292 e. The molecule has 1 aromatic heterocycles. The van der Waals surface area contributed by atoms with Crippen molar-refractivity contribution in [2.75, 3.05) is 5.32 Å². The number of nitro groups is 1. The van der Waals surface area contributed by atoms with Crippen LogP contribution in [0.4, 0.5) is 11.4 Å². The van der Waals surface area contributed by atoms with E-state index in [0.29, 0.717) is 18.0 Å². The molecule has 2 rings (SSSR count). The van der Waals surface area contributed by atoms with Crippen LogP contribution in [0.15, 0.2) is 28.8 Å². The van der Waals surface area contributed by atoms with Gasteiger partial charge in [-0.1, -0.05) is 11.2 Å². The van der Waals surface area contributed by atoms with Crippen LogP contribution in [0.5, 0.6) is 0 Å². The molecule has 1 N–H and O–H groups in total. The summed E-state index contributed by atoms with van der Waals surface area (Å²) in [5, 5.41) is 17.6. The lowest BCUT2D eigenvalue weighted by atomic mass is 10.2. The van der Waals surface area contributed by atoms with Gasteiger partial charge in [0.2, 0.25) is 0 Å². The third kappa shape index (κ3) is 2.65. The largest absolute Gasteiger partial charge is 0.372 e. The van der Waals surface area contributed by atoms with Crippen LogP contribution in [0, 0.1) is 24.0 Å². The fourth-order valence-corrected chi connectivity index (χ4v) is 1.62. The maximum atomic E-state index is 10.9. The molecular formula is C12H13N3O3. The normalized spacial score (nSPS) is 10.3. The minimum absolute atomic E-state index is 0.0613. The van der Waals surface area contributed by atoms with E-state index in [4.69, 9.17) is 4.52 Å². The van der Waals surface area contributed by atoms with E-state index in [-0.39, 0.29) is 5.69 Å². The zero-order chi connectivity index (χ0) is 13.1. The number of hydrogen-bond donors (Lipinski definition) is 1. The van der Waals surface area contributed by atoms with Gasteiger partial charge < -0.3 is 9.84 Å². The molecule has 0 aliphatic rings. The number of hydrogen-bond acceptors (Lipinski definition) is 5. The summed E-state index contributed by atoms with van der Waals surface area (Å²) in [5.74, 6) is 0.641. The molecule has 0 aliphatic carbocycles. The highest BCUT2D eigenvalue weighted by Crippen LogP contribution is 2.25. The monoisotopic (exact) mass is 247 g/mol. The molecule has 6 nitrogen and oxygen atoms in total. The molecule has 1 aromatic carbocycles. The van der Waals surface area contributed by atoms with Crippen LogP contribution < -0.4 is 5.32 Å². The molecule has 18 heavy (non-hydrogen) atoms. The number of nitrogens with zero attached hydrogens (tertiary/aromatic N) is 2. The van der Waals surface area contributed by atoms with Crippen molar-refractivity contribution in [3.63, 3.8) is 0 Å². The molecule has 94 valence electrons. The molecule has 6 heteroatoms. The SMILES string of the molecule is Cc1ccc(NCc2cc(C)no2)c([N+](=O)[O-])c1. The first-order valence-electron chi connectivity index (χ1n) is 5.47. The zero-order valence-electron chi connectivity index (χ0n) is 10.1. The number of aryl methyl sites for hydroxylation is 2. The lowest BCUT2D eigenvalue weighted by Crippen LogP contribution is -2.02. The van der Waals surface area contributed by atoms with E-state index >= 15 is 0 Å². The summed E-state index contributed by atoms with van der Waals surface area (Å²) in [6.07, 6.45) is 0. The van der Waals surface area contributed by atoms with Crippen molar-refractivity contribution >= 4 is 11.4 Å². The summed E-state index contributed by atoms with van der Waals surface area (Å²) in [6, 6.07) is 6.83. The molecule has 0 radical (unpaired) electrons. The Hall–Kier alpha value is -2.37. The van der Waals surface area contributed by atoms with E-state index in [1.54, 1.807) is 12.1 Å². The van der Waals surface area contributed by atoms with E-state index < -0.39 is 4.92 Å². The Bertz CT molecular complexity index is 578. The predicted octanol–water partition coefficient (Wildman–Crippen LogP) is 2.81. The molecule has 0 saturated heterocycles. The van der Waals surface area contributed by atoms with Gasteiger partial charge in [0.15, 0.2) is 5.76 Å². The third-order valence-corrected chi connectivity index (χ3v) is 2.48. The standard InChI is InChI=1S/C12H13N3O3/c1-8-3-4-11(12(5-8)15(16)17)13-7-10-6-9(2)14-18-10/h3-6,13H,7H2,1-2H3. The molecule has 0 aliphatic heterocycles. The number of benzene rings is 1. The second kappa shape index (κ2) is 4.87. The summed E-state index contributed by atoms with van der Waals surface area (Å²) >= 11 is 0. The van der Waals surface area contributed by atoms with E-state index in [0.717, 1.165) is 11.3 Å². The molecule has 0 atom stereocenters. The number of aromatic nitrogens is 1. The highest BCUT2D eigenvalue weighted by molar-refractivity contribution is 5.62. The van der Waals surface area contributed by atoms with Gasteiger partial charge in [0.1, 0.15) is 5.69 Å². The van der Waals surface area contributed by atoms with Crippen LogP contribution in [0.2, 0.25) is 0 Å². The van der Waals surface area contributed by atoms with Crippen molar-refractivity contribution in [1.82, 2.24) is 5.16 Å². The molecule has 1 heterocycles. The third-order valence-electron chi connectivity index (χ3n) is 2.48. The Kier molecular flexibility index (Phi) is 3.27. The second-order valence-corrected chi connectivity index (χ2v) is 4.07. The predicted molar refractivity (Wildman–Crippen MR) is 66.4 cm³/mol. The number of rotatable bonds is 4. The molecule has 2 aromatic rings. The molecule has 0 spiro atoms.